The van der Waals surface area contributed by atoms with Gasteiger partial charge < -0.3 is 10.4 Å². The van der Waals surface area contributed by atoms with Gasteiger partial charge in [-0.15, -0.1) is 0 Å². The Kier molecular flexibility index (Phi) is 5.69. The first-order valence-corrected chi connectivity index (χ1v) is 6.92. The minimum atomic E-state index is -0.503. The highest BCUT2D eigenvalue weighted by Gasteiger charge is 2.30. The van der Waals surface area contributed by atoms with Crippen molar-refractivity contribution in [3.05, 3.63) is 35.6 Å². The standard InChI is InChI=1S/C16H24FNO2/c1-11(2)15(20)16(3,4)10-18-14(19)9-12-7-5-6-8-13(12)17/h5-8,11,15,20H,9-10H2,1-4H3,(H,18,19). The van der Waals surface area contributed by atoms with Gasteiger partial charge in [-0.05, 0) is 17.5 Å². The lowest BCUT2D eigenvalue weighted by Gasteiger charge is -2.33. The van der Waals surface area contributed by atoms with Crippen LogP contribution in [0.3, 0.4) is 0 Å². The third-order valence-electron chi connectivity index (χ3n) is 3.48. The van der Waals surface area contributed by atoms with Crippen molar-refractivity contribution in [2.75, 3.05) is 6.54 Å². The lowest BCUT2D eigenvalue weighted by Crippen LogP contribution is -2.44. The van der Waals surface area contributed by atoms with Gasteiger partial charge >= 0.3 is 0 Å². The van der Waals surface area contributed by atoms with E-state index in [2.05, 4.69) is 5.32 Å². The van der Waals surface area contributed by atoms with Crippen molar-refractivity contribution in [3.8, 4) is 0 Å². The number of benzene rings is 1. The molecule has 0 bridgehead atoms. The van der Waals surface area contributed by atoms with Gasteiger partial charge in [0.1, 0.15) is 5.82 Å². The summed E-state index contributed by atoms with van der Waals surface area (Å²) in [5.74, 6) is -0.489. The summed E-state index contributed by atoms with van der Waals surface area (Å²) < 4.78 is 13.4. The summed E-state index contributed by atoms with van der Waals surface area (Å²) in [6.07, 6.45) is -0.489. The molecule has 3 nitrogen and oxygen atoms in total. The maximum atomic E-state index is 13.4. The van der Waals surface area contributed by atoms with Gasteiger partial charge in [0.25, 0.3) is 0 Å². The van der Waals surface area contributed by atoms with E-state index in [1.54, 1.807) is 18.2 Å². The number of halogens is 1. The van der Waals surface area contributed by atoms with E-state index in [1.807, 2.05) is 27.7 Å². The summed E-state index contributed by atoms with van der Waals surface area (Å²) in [6.45, 7) is 8.04. The molecule has 0 saturated heterocycles. The topological polar surface area (TPSA) is 49.3 Å². The van der Waals surface area contributed by atoms with Crippen LogP contribution in [-0.2, 0) is 11.2 Å². The SMILES string of the molecule is CC(C)C(O)C(C)(C)CNC(=O)Cc1ccccc1F. The van der Waals surface area contributed by atoms with E-state index in [9.17, 15) is 14.3 Å². The summed E-state index contributed by atoms with van der Waals surface area (Å²) >= 11 is 0. The molecule has 0 radical (unpaired) electrons. The second-order valence-corrected chi connectivity index (χ2v) is 6.22. The molecular formula is C16H24FNO2. The van der Waals surface area contributed by atoms with Gasteiger partial charge in [0.05, 0.1) is 12.5 Å². The van der Waals surface area contributed by atoms with Crippen molar-refractivity contribution in [3.63, 3.8) is 0 Å². The second kappa shape index (κ2) is 6.84. The molecule has 0 spiro atoms. The van der Waals surface area contributed by atoms with Crippen LogP contribution in [0.25, 0.3) is 0 Å². The molecule has 1 rings (SSSR count). The van der Waals surface area contributed by atoms with Crippen molar-refractivity contribution < 1.29 is 14.3 Å². The van der Waals surface area contributed by atoms with Gasteiger partial charge in [0, 0.05) is 12.0 Å². The Labute approximate surface area is 120 Å². The first-order chi connectivity index (χ1) is 9.24. The van der Waals surface area contributed by atoms with E-state index in [0.29, 0.717) is 12.1 Å². The maximum absolute atomic E-state index is 13.4. The molecule has 20 heavy (non-hydrogen) atoms. The zero-order valence-corrected chi connectivity index (χ0v) is 12.6. The molecule has 2 N–H and O–H groups in total. The molecule has 1 aromatic rings. The van der Waals surface area contributed by atoms with Crippen molar-refractivity contribution in [1.29, 1.82) is 0 Å². The van der Waals surface area contributed by atoms with Crippen molar-refractivity contribution in [1.82, 2.24) is 5.32 Å². The Morgan fingerprint density at radius 3 is 2.50 bits per heavy atom. The molecule has 0 fully saturated rings. The van der Waals surface area contributed by atoms with Crippen LogP contribution in [0.5, 0.6) is 0 Å². The molecule has 1 aromatic carbocycles. The van der Waals surface area contributed by atoms with Crippen molar-refractivity contribution in [2.24, 2.45) is 11.3 Å². The zero-order valence-electron chi connectivity index (χ0n) is 12.6. The molecule has 0 aliphatic rings. The number of carbonyl (C=O) groups is 1. The first kappa shape index (κ1) is 16.6. The highest BCUT2D eigenvalue weighted by atomic mass is 19.1. The van der Waals surface area contributed by atoms with E-state index in [1.165, 1.54) is 6.07 Å². The molecule has 112 valence electrons. The number of carbonyl (C=O) groups excluding carboxylic acids is 1. The Balaban J connectivity index is 2.54. The first-order valence-electron chi connectivity index (χ1n) is 6.92. The highest BCUT2D eigenvalue weighted by molar-refractivity contribution is 5.78. The van der Waals surface area contributed by atoms with Crippen LogP contribution in [0, 0.1) is 17.2 Å². The van der Waals surface area contributed by atoms with E-state index >= 15 is 0 Å². The normalized spacial score (nSPS) is 13.3. The minimum Gasteiger partial charge on any atom is -0.392 e. The van der Waals surface area contributed by atoms with E-state index in [-0.39, 0.29) is 24.1 Å². The number of hydrogen-bond donors (Lipinski definition) is 2. The Hall–Kier alpha value is -1.42. The third kappa shape index (κ3) is 4.60. The summed E-state index contributed by atoms with van der Waals surface area (Å²) in [5, 5.41) is 12.9. The molecular weight excluding hydrogens is 257 g/mol. The van der Waals surface area contributed by atoms with Gasteiger partial charge in [-0.3, -0.25) is 4.79 Å². The van der Waals surface area contributed by atoms with Gasteiger partial charge in [-0.25, -0.2) is 4.39 Å². The van der Waals surface area contributed by atoms with Crippen LogP contribution in [0.2, 0.25) is 0 Å². The predicted molar refractivity (Wildman–Crippen MR) is 77.7 cm³/mol. The Bertz CT molecular complexity index is 458. The Morgan fingerprint density at radius 2 is 1.95 bits per heavy atom. The van der Waals surface area contributed by atoms with Crippen molar-refractivity contribution in [2.45, 2.75) is 40.2 Å². The summed E-state index contributed by atoms with van der Waals surface area (Å²) in [7, 11) is 0. The molecule has 1 unspecified atom stereocenters. The van der Waals surface area contributed by atoms with Crippen LogP contribution in [0.1, 0.15) is 33.3 Å². The lowest BCUT2D eigenvalue weighted by molar-refractivity contribution is -0.121. The lowest BCUT2D eigenvalue weighted by atomic mass is 9.80. The number of amides is 1. The summed E-state index contributed by atoms with van der Waals surface area (Å²) in [5.41, 5.74) is -0.0359. The fourth-order valence-electron chi connectivity index (χ4n) is 2.21. The van der Waals surface area contributed by atoms with Crippen LogP contribution < -0.4 is 5.32 Å². The van der Waals surface area contributed by atoms with Gasteiger partial charge in [-0.1, -0.05) is 45.9 Å². The summed E-state index contributed by atoms with van der Waals surface area (Å²) in [4.78, 5) is 11.8. The molecule has 4 heteroatoms. The maximum Gasteiger partial charge on any atom is 0.224 e. The predicted octanol–water partition coefficient (Wildman–Crippen LogP) is 2.53. The fraction of sp³-hybridized carbons (Fsp3) is 0.562. The smallest absolute Gasteiger partial charge is 0.224 e. The monoisotopic (exact) mass is 281 g/mol. The second-order valence-electron chi connectivity index (χ2n) is 6.22. The van der Waals surface area contributed by atoms with Crippen molar-refractivity contribution >= 4 is 5.91 Å². The average molecular weight is 281 g/mol. The number of rotatable bonds is 6. The molecule has 1 atom stereocenters. The van der Waals surface area contributed by atoms with Gasteiger partial charge in [0.15, 0.2) is 0 Å². The molecule has 0 aliphatic carbocycles. The fourth-order valence-corrected chi connectivity index (χ4v) is 2.21. The van der Waals surface area contributed by atoms with E-state index in [0.717, 1.165) is 0 Å². The number of aliphatic hydroxyl groups excluding tert-OH is 1. The molecule has 0 saturated carbocycles. The molecule has 0 heterocycles. The average Bonchev–Trinajstić information content (AvgIpc) is 2.38. The quantitative estimate of drug-likeness (QED) is 0.842. The van der Waals surface area contributed by atoms with Crippen LogP contribution in [0.4, 0.5) is 4.39 Å². The van der Waals surface area contributed by atoms with Crippen LogP contribution in [0.15, 0.2) is 24.3 Å². The van der Waals surface area contributed by atoms with Crippen LogP contribution in [-0.4, -0.2) is 23.7 Å². The number of nitrogens with one attached hydrogen (secondary N) is 1. The minimum absolute atomic E-state index is 0.0144. The highest BCUT2D eigenvalue weighted by Crippen LogP contribution is 2.25. The van der Waals surface area contributed by atoms with Gasteiger partial charge in [-0.2, -0.15) is 0 Å². The van der Waals surface area contributed by atoms with Crippen LogP contribution >= 0.6 is 0 Å². The molecule has 1 amide bonds. The third-order valence-corrected chi connectivity index (χ3v) is 3.48. The van der Waals surface area contributed by atoms with E-state index in [4.69, 9.17) is 0 Å². The van der Waals surface area contributed by atoms with E-state index < -0.39 is 11.5 Å². The number of aliphatic hydroxyl groups is 1. The molecule has 0 aromatic heterocycles. The number of hydrogen-bond acceptors (Lipinski definition) is 2. The van der Waals surface area contributed by atoms with Gasteiger partial charge in [0.2, 0.25) is 5.91 Å². The Morgan fingerprint density at radius 1 is 1.35 bits per heavy atom. The molecule has 0 aliphatic heterocycles. The largest absolute Gasteiger partial charge is 0.392 e. The summed E-state index contributed by atoms with van der Waals surface area (Å²) in [6, 6.07) is 6.25. The zero-order chi connectivity index (χ0) is 15.3.